The zero-order valence-electron chi connectivity index (χ0n) is 10.7. The summed E-state index contributed by atoms with van der Waals surface area (Å²) in [5.41, 5.74) is 2.36. The summed E-state index contributed by atoms with van der Waals surface area (Å²) in [4.78, 5) is 11.4. The molecule has 0 radical (unpaired) electrons. The topological polar surface area (TPSA) is 29.0 Å². The van der Waals surface area contributed by atoms with E-state index in [2.05, 4.69) is 28.7 Å². The standard InChI is InChI=1S/C13H20ClN3/c1-3-17(4-2)9-8-12-15-11-7-5-6-10(11)13(14)16-12/h3-9H2,1-2H3. The lowest BCUT2D eigenvalue weighted by atomic mass is 10.2. The van der Waals surface area contributed by atoms with Gasteiger partial charge >= 0.3 is 0 Å². The second-order valence-corrected chi connectivity index (χ2v) is 4.84. The summed E-state index contributed by atoms with van der Waals surface area (Å²) in [5.74, 6) is 0.905. The maximum atomic E-state index is 6.19. The molecule has 4 heteroatoms. The van der Waals surface area contributed by atoms with Crippen molar-refractivity contribution in [3.8, 4) is 0 Å². The molecule has 1 aliphatic carbocycles. The van der Waals surface area contributed by atoms with Crippen LogP contribution in [0.1, 0.15) is 37.4 Å². The molecule has 1 aliphatic rings. The first kappa shape index (κ1) is 12.8. The third-order valence-electron chi connectivity index (χ3n) is 3.48. The molecule has 0 unspecified atom stereocenters. The molecule has 0 spiro atoms. The molecule has 1 heterocycles. The van der Waals surface area contributed by atoms with Crippen molar-refractivity contribution in [1.29, 1.82) is 0 Å². The molecule has 17 heavy (non-hydrogen) atoms. The van der Waals surface area contributed by atoms with Gasteiger partial charge in [-0.3, -0.25) is 0 Å². The van der Waals surface area contributed by atoms with E-state index in [1.165, 1.54) is 17.7 Å². The third kappa shape index (κ3) is 2.96. The molecular formula is C13H20ClN3. The van der Waals surface area contributed by atoms with Crippen molar-refractivity contribution in [2.45, 2.75) is 39.5 Å². The maximum absolute atomic E-state index is 6.19. The van der Waals surface area contributed by atoms with Gasteiger partial charge in [-0.25, -0.2) is 9.97 Å². The van der Waals surface area contributed by atoms with Gasteiger partial charge < -0.3 is 4.90 Å². The van der Waals surface area contributed by atoms with Gasteiger partial charge in [-0.05, 0) is 32.4 Å². The quantitative estimate of drug-likeness (QED) is 0.755. The molecule has 94 valence electrons. The van der Waals surface area contributed by atoms with Gasteiger partial charge in [0.05, 0.1) is 0 Å². The molecule has 2 rings (SSSR count). The second kappa shape index (κ2) is 5.78. The predicted octanol–water partition coefficient (Wildman–Crippen LogP) is 2.50. The molecule has 0 saturated heterocycles. The minimum absolute atomic E-state index is 0.682. The van der Waals surface area contributed by atoms with E-state index in [1.807, 2.05) is 0 Å². The Kier molecular flexibility index (Phi) is 4.35. The van der Waals surface area contributed by atoms with E-state index in [0.29, 0.717) is 5.15 Å². The smallest absolute Gasteiger partial charge is 0.136 e. The van der Waals surface area contributed by atoms with Gasteiger partial charge in [0.25, 0.3) is 0 Å². The maximum Gasteiger partial charge on any atom is 0.136 e. The lowest BCUT2D eigenvalue weighted by Gasteiger charge is -2.17. The Hall–Kier alpha value is -0.670. The SMILES string of the molecule is CCN(CC)CCc1nc(Cl)c2c(n1)CCC2. The number of hydrogen-bond donors (Lipinski definition) is 0. The van der Waals surface area contributed by atoms with Crippen molar-refractivity contribution in [3.63, 3.8) is 0 Å². The first-order chi connectivity index (χ1) is 8.24. The van der Waals surface area contributed by atoms with Gasteiger partial charge in [0.2, 0.25) is 0 Å². The van der Waals surface area contributed by atoms with E-state index in [4.69, 9.17) is 11.6 Å². The normalized spacial score (nSPS) is 14.4. The molecule has 3 nitrogen and oxygen atoms in total. The summed E-state index contributed by atoms with van der Waals surface area (Å²) in [5, 5.41) is 0.682. The fourth-order valence-corrected chi connectivity index (χ4v) is 2.65. The summed E-state index contributed by atoms with van der Waals surface area (Å²) < 4.78 is 0. The summed E-state index contributed by atoms with van der Waals surface area (Å²) in [7, 11) is 0. The second-order valence-electron chi connectivity index (χ2n) is 4.49. The van der Waals surface area contributed by atoms with Crippen molar-refractivity contribution in [2.24, 2.45) is 0 Å². The number of rotatable bonds is 5. The van der Waals surface area contributed by atoms with Crippen LogP contribution in [0.2, 0.25) is 5.15 Å². The Morgan fingerprint density at radius 1 is 1.18 bits per heavy atom. The van der Waals surface area contributed by atoms with Crippen LogP contribution < -0.4 is 0 Å². The molecule has 0 aromatic carbocycles. The fraction of sp³-hybridized carbons (Fsp3) is 0.692. The van der Waals surface area contributed by atoms with Crippen LogP contribution in [-0.4, -0.2) is 34.5 Å². The van der Waals surface area contributed by atoms with Crippen molar-refractivity contribution < 1.29 is 0 Å². The molecule has 1 aromatic rings. The number of aromatic nitrogens is 2. The number of halogens is 1. The highest BCUT2D eigenvalue weighted by Gasteiger charge is 2.18. The Morgan fingerprint density at radius 3 is 2.65 bits per heavy atom. The highest BCUT2D eigenvalue weighted by atomic mass is 35.5. The van der Waals surface area contributed by atoms with Crippen molar-refractivity contribution in [1.82, 2.24) is 14.9 Å². The van der Waals surface area contributed by atoms with Crippen LogP contribution in [0.3, 0.4) is 0 Å². The average Bonchev–Trinajstić information content (AvgIpc) is 2.79. The van der Waals surface area contributed by atoms with Crippen LogP contribution in [0.4, 0.5) is 0 Å². The molecular weight excluding hydrogens is 234 g/mol. The van der Waals surface area contributed by atoms with Crippen molar-refractivity contribution >= 4 is 11.6 Å². The van der Waals surface area contributed by atoms with Crippen LogP contribution >= 0.6 is 11.6 Å². The van der Waals surface area contributed by atoms with Gasteiger partial charge in [0.15, 0.2) is 0 Å². The highest BCUT2D eigenvalue weighted by Crippen LogP contribution is 2.25. The molecule has 0 saturated carbocycles. The predicted molar refractivity (Wildman–Crippen MR) is 70.6 cm³/mol. The number of aryl methyl sites for hydroxylation is 1. The zero-order valence-corrected chi connectivity index (χ0v) is 11.4. The molecule has 1 aromatic heterocycles. The molecule has 0 aliphatic heterocycles. The van der Waals surface area contributed by atoms with E-state index >= 15 is 0 Å². The monoisotopic (exact) mass is 253 g/mol. The van der Waals surface area contributed by atoms with Crippen LogP contribution in [0, 0.1) is 0 Å². The first-order valence-electron chi connectivity index (χ1n) is 6.51. The Morgan fingerprint density at radius 2 is 1.94 bits per heavy atom. The molecule has 0 N–H and O–H groups in total. The van der Waals surface area contributed by atoms with E-state index in [1.54, 1.807) is 0 Å². The molecule has 0 atom stereocenters. The minimum atomic E-state index is 0.682. The first-order valence-corrected chi connectivity index (χ1v) is 6.88. The lowest BCUT2D eigenvalue weighted by molar-refractivity contribution is 0.305. The average molecular weight is 254 g/mol. The summed E-state index contributed by atoms with van der Waals surface area (Å²) in [6.45, 7) is 7.53. The largest absolute Gasteiger partial charge is 0.303 e. The number of fused-ring (bicyclic) bond motifs is 1. The van der Waals surface area contributed by atoms with Crippen LogP contribution in [0.15, 0.2) is 0 Å². The molecule has 0 fully saturated rings. The zero-order chi connectivity index (χ0) is 12.3. The van der Waals surface area contributed by atoms with E-state index < -0.39 is 0 Å². The summed E-state index contributed by atoms with van der Waals surface area (Å²) in [6, 6.07) is 0. The van der Waals surface area contributed by atoms with Gasteiger partial charge in [-0.15, -0.1) is 0 Å². The molecule has 0 amide bonds. The Labute approximate surface area is 108 Å². The summed E-state index contributed by atoms with van der Waals surface area (Å²) >= 11 is 6.19. The van der Waals surface area contributed by atoms with E-state index in [0.717, 1.165) is 44.7 Å². The number of likely N-dealkylation sites (N-methyl/N-ethyl adjacent to an activating group) is 1. The van der Waals surface area contributed by atoms with Gasteiger partial charge in [0.1, 0.15) is 11.0 Å². The lowest BCUT2D eigenvalue weighted by Crippen LogP contribution is -2.26. The number of nitrogens with zero attached hydrogens (tertiary/aromatic N) is 3. The number of hydrogen-bond acceptors (Lipinski definition) is 3. The molecule has 0 bridgehead atoms. The fourth-order valence-electron chi connectivity index (χ4n) is 2.34. The minimum Gasteiger partial charge on any atom is -0.303 e. The van der Waals surface area contributed by atoms with Gasteiger partial charge in [-0.1, -0.05) is 25.4 Å². The van der Waals surface area contributed by atoms with Gasteiger partial charge in [-0.2, -0.15) is 0 Å². The Balaban J connectivity index is 2.05. The van der Waals surface area contributed by atoms with Gasteiger partial charge in [0, 0.05) is 24.2 Å². The van der Waals surface area contributed by atoms with Crippen LogP contribution in [-0.2, 0) is 19.3 Å². The summed E-state index contributed by atoms with van der Waals surface area (Å²) in [6.07, 6.45) is 4.18. The van der Waals surface area contributed by atoms with Crippen molar-refractivity contribution in [2.75, 3.05) is 19.6 Å². The Bertz CT molecular complexity index is 388. The third-order valence-corrected chi connectivity index (χ3v) is 3.79. The highest BCUT2D eigenvalue weighted by molar-refractivity contribution is 6.30. The van der Waals surface area contributed by atoms with Crippen LogP contribution in [0.5, 0.6) is 0 Å². The van der Waals surface area contributed by atoms with E-state index in [-0.39, 0.29) is 0 Å². The van der Waals surface area contributed by atoms with Crippen LogP contribution in [0.25, 0.3) is 0 Å². The van der Waals surface area contributed by atoms with E-state index in [9.17, 15) is 0 Å². The van der Waals surface area contributed by atoms with Crippen molar-refractivity contribution in [3.05, 3.63) is 22.2 Å².